The summed E-state index contributed by atoms with van der Waals surface area (Å²) in [5.74, 6) is 0.774. The molecular formula is C25H32N6O2. The zero-order chi connectivity index (χ0) is 22.8. The average Bonchev–Trinajstić information content (AvgIpc) is 2.82. The van der Waals surface area contributed by atoms with Crippen molar-refractivity contribution in [1.29, 1.82) is 0 Å². The summed E-state index contributed by atoms with van der Waals surface area (Å²) in [7, 11) is 2.17. The van der Waals surface area contributed by atoms with E-state index in [1.54, 1.807) is 6.07 Å². The molecule has 0 amide bonds. The van der Waals surface area contributed by atoms with Crippen molar-refractivity contribution in [3.05, 3.63) is 47.7 Å². The fourth-order valence-corrected chi connectivity index (χ4v) is 4.77. The maximum Gasteiger partial charge on any atom is 0.318 e. The molecule has 2 aliphatic rings. The second-order valence-electron chi connectivity index (χ2n) is 9.02. The van der Waals surface area contributed by atoms with Crippen molar-refractivity contribution in [2.75, 3.05) is 63.6 Å². The zero-order valence-electron chi connectivity index (χ0n) is 19.2. The van der Waals surface area contributed by atoms with E-state index < -0.39 is 0 Å². The molecule has 3 heterocycles. The summed E-state index contributed by atoms with van der Waals surface area (Å²) >= 11 is 0. The summed E-state index contributed by atoms with van der Waals surface area (Å²) < 4.78 is 5.90. The topological polar surface area (TPSA) is 91.0 Å². The number of piperazine rings is 1. The minimum atomic E-state index is 0.265. The van der Waals surface area contributed by atoms with Crippen LogP contribution in [0.4, 0.5) is 11.5 Å². The fourth-order valence-electron chi connectivity index (χ4n) is 4.77. The molecule has 33 heavy (non-hydrogen) atoms. The lowest BCUT2D eigenvalue weighted by molar-refractivity contribution is 0.144. The monoisotopic (exact) mass is 448 g/mol. The Morgan fingerprint density at radius 3 is 2.73 bits per heavy atom. The second kappa shape index (κ2) is 9.41. The third-order valence-electron chi connectivity index (χ3n) is 6.69. The summed E-state index contributed by atoms with van der Waals surface area (Å²) in [4.78, 5) is 16.2. The number of phenols is 1. The molecule has 3 aromatic rings. The van der Waals surface area contributed by atoms with Gasteiger partial charge in [0.15, 0.2) is 0 Å². The van der Waals surface area contributed by atoms with Gasteiger partial charge in [-0.3, -0.25) is 0 Å². The molecule has 0 spiro atoms. The predicted octanol–water partition coefficient (Wildman–Crippen LogP) is 2.50. The van der Waals surface area contributed by atoms with Crippen molar-refractivity contribution in [1.82, 2.24) is 19.8 Å². The van der Waals surface area contributed by atoms with E-state index in [1.807, 2.05) is 24.3 Å². The zero-order valence-corrected chi connectivity index (χ0v) is 19.2. The highest BCUT2D eigenvalue weighted by Gasteiger charge is 2.23. The van der Waals surface area contributed by atoms with E-state index in [-0.39, 0.29) is 5.75 Å². The minimum Gasteiger partial charge on any atom is -0.508 e. The number of aromatic nitrogens is 2. The van der Waals surface area contributed by atoms with Crippen molar-refractivity contribution >= 4 is 22.3 Å². The number of fused-ring (bicyclic) bond motifs is 2. The number of nitrogens with zero attached hydrogens (tertiary/aromatic N) is 5. The molecule has 8 nitrogen and oxygen atoms in total. The van der Waals surface area contributed by atoms with Crippen molar-refractivity contribution < 1.29 is 9.84 Å². The van der Waals surface area contributed by atoms with Crippen molar-refractivity contribution in [3.63, 3.8) is 0 Å². The van der Waals surface area contributed by atoms with Crippen LogP contribution in [-0.4, -0.2) is 77.8 Å². The SMILES string of the molecule is CN1CCN(CCCOc2nc(N)c3c(n2)CN(c2cc(O)cc4ccccc24)CC3)CC1. The molecule has 0 radical (unpaired) electrons. The van der Waals surface area contributed by atoms with Crippen molar-refractivity contribution in [2.45, 2.75) is 19.4 Å². The number of aromatic hydroxyl groups is 1. The minimum absolute atomic E-state index is 0.265. The number of hydrogen-bond donors (Lipinski definition) is 2. The molecule has 0 saturated carbocycles. The maximum absolute atomic E-state index is 10.3. The lowest BCUT2D eigenvalue weighted by Gasteiger charge is -2.32. The Kier molecular flexibility index (Phi) is 6.20. The third-order valence-corrected chi connectivity index (χ3v) is 6.69. The van der Waals surface area contributed by atoms with Gasteiger partial charge in [0, 0.05) is 62.0 Å². The van der Waals surface area contributed by atoms with E-state index in [0.717, 1.165) is 79.8 Å². The van der Waals surface area contributed by atoms with Gasteiger partial charge in [-0.2, -0.15) is 9.97 Å². The number of ether oxygens (including phenoxy) is 1. The Labute approximate surface area is 194 Å². The average molecular weight is 449 g/mol. The first kappa shape index (κ1) is 21.7. The Hall–Kier alpha value is -3.10. The van der Waals surface area contributed by atoms with E-state index in [1.165, 1.54) is 0 Å². The summed E-state index contributed by atoms with van der Waals surface area (Å²) in [6.07, 6.45) is 1.69. The molecule has 3 N–H and O–H groups in total. The van der Waals surface area contributed by atoms with Crippen LogP contribution < -0.4 is 15.4 Å². The number of phenolic OH excluding ortho intramolecular Hbond substituents is 1. The van der Waals surface area contributed by atoms with Gasteiger partial charge in [-0.05, 0) is 31.3 Å². The van der Waals surface area contributed by atoms with Crippen LogP contribution in [0.25, 0.3) is 10.8 Å². The molecule has 8 heteroatoms. The quantitative estimate of drug-likeness (QED) is 0.556. The van der Waals surface area contributed by atoms with Crippen LogP contribution >= 0.6 is 0 Å². The van der Waals surface area contributed by atoms with Crippen LogP contribution in [0.15, 0.2) is 36.4 Å². The van der Waals surface area contributed by atoms with E-state index in [2.05, 4.69) is 32.8 Å². The van der Waals surface area contributed by atoms with Crippen LogP contribution in [0.5, 0.6) is 11.8 Å². The van der Waals surface area contributed by atoms with Gasteiger partial charge in [0.25, 0.3) is 0 Å². The molecule has 2 aromatic carbocycles. The van der Waals surface area contributed by atoms with Gasteiger partial charge in [-0.1, -0.05) is 24.3 Å². The number of nitrogen functional groups attached to an aromatic ring is 1. The molecule has 0 unspecified atom stereocenters. The van der Waals surface area contributed by atoms with Gasteiger partial charge >= 0.3 is 6.01 Å². The molecule has 0 bridgehead atoms. The summed E-state index contributed by atoms with van der Waals surface area (Å²) in [6, 6.07) is 12.1. The molecule has 1 fully saturated rings. The normalized spacial score (nSPS) is 17.3. The van der Waals surface area contributed by atoms with E-state index >= 15 is 0 Å². The van der Waals surface area contributed by atoms with E-state index in [4.69, 9.17) is 15.5 Å². The lowest BCUT2D eigenvalue weighted by Crippen LogP contribution is -2.44. The van der Waals surface area contributed by atoms with E-state index in [9.17, 15) is 5.11 Å². The summed E-state index contributed by atoms with van der Waals surface area (Å²) in [5.41, 5.74) is 9.17. The summed E-state index contributed by atoms with van der Waals surface area (Å²) in [5, 5.41) is 12.4. The lowest BCUT2D eigenvalue weighted by atomic mass is 10.0. The largest absolute Gasteiger partial charge is 0.508 e. The van der Waals surface area contributed by atoms with Crippen LogP contribution in [0, 0.1) is 0 Å². The molecule has 1 saturated heterocycles. The second-order valence-corrected chi connectivity index (χ2v) is 9.02. The number of likely N-dealkylation sites (N-methyl/N-ethyl adjacent to an activating group) is 1. The third kappa shape index (κ3) is 4.82. The van der Waals surface area contributed by atoms with Crippen LogP contribution in [0.2, 0.25) is 0 Å². The molecule has 5 rings (SSSR count). The maximum atomic E-state index is 10.3. The number of benzene rings is 2. The van der Waals surface area contributed by atoms with Gasteiger partial charge < -0.3 is 30.3 Å². The highest BCUT2D eigenvalue weighted by Crippen LogP contribution is 2.35. The van der Waals surface area contributed by atoms with Gasteiger partial charge in [0.2, 0.25) is 0 Å². The number of anilines is 2. The highest BCUT2D eigenvalue weighted by molar-refractivity contribution is 5.95. The van der Waals surface area contributed by atoms with Crippen LogP contribution in [-0.2, 0) is 13.0 Å². The molecule has 0 aliphatic carbocycles. The Bertz CT molecular complexity index is 1130. The van der Waals surface area contributed by atoms with Gasteiger partial charge in [0.1, 0.15) is 11.6 Å². The number of hydrogen-bond acceptors (Lipinski definition) is 8. The molecule has 0 atom stereocenters. The first-order valence-corrected chi connectivity index (χ1v) is 11.7. The van der Waals surface area contributed by atoms with E-state index in [0.29, 0.717) is 25.0 Å². The van der Waals surface area contributed by atoms with Gasteiger partial charge in [-0.25, -0.2) is 0 Å². The number of nitrogens with two attached hydrogens (primary N) is 1. The van der Waals surface area contributed by atoms with Crippen LogP contribution in [0.1, 0.15) is 17.7 Å². The molecule has 174 valence electrons. The smallest absolute Gasteiger partial charge is 0.318 e. The van der Waals surface area contributed by atoms with Gasteiger partial charge in [-0.15, -0.1) is 0 Å². The highest BCUT2D eigenvalue weighted by atomic mass is 16.5. The standard InChI is InChI=1S/C25H32N6O2/c1-29-10-12-30(13-11-29)8-4-14-33-25-27-22-17-31(9-7-21(22)24(26)28-25)23-16-19(32)15-18-5-2-3-6-20(18)23/h2-3,5-6,15-16,32H,4,7-14,17H2,1H3,(H2,26,27,28). The van der Waals surface area contributed by atoms with Gasteiger partial charge in [0.05, 0.1) is 18.8 Å². The Morgan fingerprint density at radius 2 is 1.88 bits per heavy atom. The molecular weight excluding hydrogens is 416 g/mol. The fraction of sp³-hybridized carbons (Fsp3) is 0.440. The molecule has 2 aliphatic heterocycles. The predicted molar refractivity (Wildman–Crippen MR) is 131 cm³/mol. The van der Waals surface area contributed by atoms with Crippen molar-refractivity contribution in [3.8, 4) is 11.8 Å². The first-order chi connectivity index (χ1) is 16.1. The number of rotatable bonds is 6. The molecule has 1 aromatic heterocycles. The Balaban J connectivity index is 1.26. The summed E-state index contributed by atoms with van der Waals surface area (Å²) in [6.45, 7) is 7.45. The van der Waals surface area contributed by atoms with Crippen molar-refractivity contribution in [2.24, 2.45) is 0 Å². The Morgan fingerprint density at radius 1 is 1.06 bits per heavy atom. The first-order valence-electron chi connectivity index (χ1n) is 11.7. The van der Waals surface area contributed by atoms with Crippen LogP contribution in [0.3, 0.4) is 0 Å².